The summed E-state index contributed by atoms with van der Waals surface area (Å²) in [6.07, 6.45) is 3.44. The van der Waals surface area contributed by atoms with Crippen LogP contribution >= 0.6 is 24.0 Å². The maximum Gasteiger partial charge on any atom is 0.270 e. The number of rotatable bonds is 6. The SMILES string of the molecule is C=CCOc1ccccc1/C=C1\SC(=S)N(c2cccc(C(C)=O)c2)C1=O. The van der Waals surface area contributed by atoms with E-state index in [-0.39, 0.29) is 11.7 Å². The first kappa shape index (κ1) is 19.1. The zero-order chi connectivity index (χ0) is 19.4. The minimum atomic E-state index is -0.218. The van der Waals surface area contributed by atoms with E-state index in [0.717, 1.165) is 5.56 Å². The van der Waals surface area contributed by atoms with Crippen molar-refractivity contribution >= 4 is 51.8 Å². The smallest absolute Gasteiger partial charge is 0.270 e. The van der Waals surface area contributed by atoms with Gasteiger partial charge in [-0.15, -0.1) is 0 Å². The first-order valence-electron chi connectivity index (χ1n) is 8.23. The number of amides is 1. The molecular formula is C21H17NO3S2. The Hall–Kier alpha value is -2.70. The number of thiocarbonyl (C=S) groups is 1. The van der Waals surface area contributed by atoms with Gasteiger partial charge in [-0.3, -0.25) is 14.5 Å². The van der Waals surface area contributed by atoms with Crippen molar-refractivity contribution in [3.05, 3.63) is 77.2 Å². The number of thioether (sulfide) groups is 1. The molecule has 0 N–H and O–H groups in total. The van der Waals surface area contributed by atoms with Crippen LogP contribution < -0.4 is 9.64 Å². The molecule has 3 rings (SSSR count). The zero-order valence-electron chi connectivity index (χ0n) is 14.7. The summed E-state index contributed by atoms with van der Waals surface area (Å²) in [6.45, 7) is 5.52. The number of anilines is 1. The lowest BCUT2D eigenvalue weighted by Gasteiger charge is -2.15. The van der Waals surface area contributed by atoms with Gasteiger partial charge in [-0.2, -0.15) is 0 Å². The quantitative estimate of drug-likeness (QED) is 0.303. The van der Waals surface area contributed by atoms with Crippen LogP contribution in [0, 0.1) is 0 Å². The van der Waals surface area contributed by atoms with Gasteiger partial charge in [0, 0.05) is 11.1 Å². The van der Waals surface area contributed by atoms with Crippen molar-refractivity contribution in [1.82, 2.24) is 0 Å². The molecule has 0 atom stereocenters. The fourth-order valence-electron chi connectivity index (χ4n) is 2.58. The molecule has 4 nitrogen and oxygen atoms in total. The largest absolute Gasteiger partial charge is 0.489 e. The maximum atomic E-state index is 12.9. The third-order valence-electron chi connectivity index (χ3n) is 3.87. The first-order valence-corrected chi connectivity index (χ1v) is 9.45. The summed E-state index contributed by atoms with van der Waals surface area (Å²) in [6, 6.07) is 14.4. The Morgan fingerprint density at radius 3 is 2.78 bits per heavy atom. The highest BCUT2D eigenvalue weighted by atomic mass is 32.2. The molecule has 0 aromatic heterocycles. The lowest BCUT2D eigenvalue weighted by molar-refractivity contribution is -0.113. The van der Waals surface area contributed by atoms with Crippen molar-refractivity contribution in [3.63, 3.8) is 0 Å². The third-order valence-corrected chi connectivity index (χ3v) is 5.17. The minimum Gasteiger partial charge on any atom is -0.489 e. The Labute approximate surface area is 167 Å². The van der Waals surface area contributed by atoms with Gasteiger partial charge in [-0.05, 0) is 31.2 Å². The normalized spacial score (nSPS) is 15.3. The summed E-state index contributed by atoms with van der Waals surface area (Å²) >= 11 is 6.63. The van der Waals surface area contributed by atoms with E-state index in [0.29, 0.717) is 32.8 Å². The molecule has 0 aliphatic carbocycles. The summed E-state index contributed by atoms with van der Waals surface area (Å²) < 4.78 is 6.07. The molecule has 2 aromatic carbocycles. The van der Waals surface area contributed by atoms with Crippen LogP contribution in [0.4, 0.5) is 5.69 Å². The van der Waals surface area contributed by atoms with Gasteiger partial charge in [-0.25, -0.2) is 0 Å². The summed E-state index contributed by atoms with van der Waals surface area (Å²) in [5, 5.41) is 0. The molecule has 136 valence electrons. The number of para-hydroxylation sites is 1. The van der Waals surface area contributed by atoms with E-state index in [1.165, 1.54) is 23.6 Å². The van der Waals surface area contributed by atoms with Gasteiger partial charge in [0.25, 0.3) is 5.91 Å². The number of nitrogens with zero attached hydrogens (tertiary/aromatic N) is 1. The Morgan fingerprint density at radius 2 is 2.04 bits per heavy atom. The van der Waals surface area contributed by atoms with Crippen molar-refractivity contribution in [2.45, 2.75) is 6.92 Å². The van der Waals surface area contributed by atoms with Crippen molar-refractivity contribution in [2.75, 3.05) is 11.5 Å². The van der Waals surface area contributed by atoms with Crippen LogP contribution in [0.15, 0.2) is 66.1 Å². The third kappa shape index (κ3) is 4.18. The summed E-state index contributed by atoms with van der Waals surface area (Å²) in [5.74, 6) is 0.386. The van der Waals surface area contributed by atoms with Gasteiger partial charge in [0.2, 0.25) is 0 Å². The van der Waals surface area contributed by atoms with E-state index in [1.807, 2.05) is 24.3 Å². The minimum absolute atomic E-state index is 0.0638. The Morgan fingerprint density at radius 1 is 1.26 bits per heavy atom. The number of ketones is 1. The first-order chi connectivity index (χ1) is 13.0. The van der Waals surface area contributed by atoms with Crippen molar-refractivity contribution < 1.29 is 14.3 Å². The number of ether oxygens (including phenoxy) is 1. The molecule has 1 saturated heterocycles. The Bertz CT molecular complexity index is 965. The summed E-state index contributed by atoms with van der Waals surface area (Å²) in [5.41, 5.74) is 1.91. The topological polar surface area (TPSA) is 46.6 Å². The van der Waals surface area contributed by atoms with E-state index >= 15 is 0 Å². The van der Waals surface area contributed by atoms with Crippen LogP contribution in [0.2, 0.25) is 0 Å². The highest BCUT2D eigenvalue weighted by Gasteiger charge is 2.33. The van der Waals surface area contributed by atoms with Gasteiger partial charge in [-0.1, -0.05) is 67.0 Å². The fraction of sp³-hybridized carbons (Fsp3) is 0.0952. The summed E-state index contributed by atoms with van der Waals surface area (Å²) in [4.78, 5) is 26.5. The van der Waals surface area contributed by atoms with Crippen LogP contribution in [0.5, 0.6) is 5.75 Å². The number of carbonyl (C=O) groups is 2. The van der Waals surface area contributed by atoms with Gasteiger partial charge >= 0.3 is 0 Å². The van der Waals surface area contributed by atoms with E-state index in [4.69, 9.17) is 17.0 Å². The zero-order valence-corrected chi connectivity index (χ0v) is 16.3. The van der Waals surface area contributed by atoms with E-state index < -0.39 is 0 Å². The predicted octanol–water partition coefficient (Wildman–Crippen LogP) is 4.86. The molecule has 1 fully saturated rings. The van der Waals surface area contributed by atoms with E-state index in [9.17, 15) is 9.59 Å². The molecule has 0 saturated carbocycles. The standard InChI is InChI=1S/C21H17NO3S2/c1-3-11-25-18-10-5-4-7-16(18)13-19-20(24)22(21(26)27-19)17-9-6-8-15(12-17)14(2)23/h3-10,12-13H,1,11H2,2H3/b19-13-. The molecule has 2 aromatic rings. The number of benzene rings is 2. The number of hydrogen-bond donors (Lipinski definition) is 0. The van der Waals surface area contributed by atoms with Gasteiger partial charge in [0.15, 0.2) is 10.1 Å². The Balaban J connectivity index is 1.93. The summed E-state index contributed by atoms with van der Waals surface area (Å²) in [7, 11) is 0. The second-order valence-electron chi connectivity index (χ2n) is 5.76. The average molecular weight is 396 g/mol. The van der Waals surface area contributed by atoms with E-state index in [1.54, 1.807) is 36.4 Å². The Kier molecular flexibility index (Phi) is 5.88. The van der Waals surface area contributed by atoms with Gasteiger partial charge in [0.1, 0.15) is 12.4 Å². The molecule has 0 bridgehead atoms. The number of carbonyl (C=O) groups excluding carboxylic acids is 2. The van der Waals surface area contributed by atoms with E-state index in [2.05, 4.69) is 6.58 Å². The molecule has 1 heterocycles. The second kappa shape index (κ2) is 8.33. The van der Waals surface area contributed by atoms with Gasteiger partial charge < -0.3 is 4.74 Å². The molecule has 6 heteroatoms. The van der Waals surface area contributed by atoms with Crippen molar-refractivity contribution in [3.8, 4) is 5.75 Å². The van der Waals surface area contributed by atoms with Crippen LogP contribution in [0.3, 0.4) is 0 Å². The van der Waals surface area contributed by atoms with Crippen LogP contribution in [0.1, 0.15) is 22.8 Å². The monoisotopic (exact) mass is 395 g/mol. The lowest BCUT2D eigenvalue weighted by Crippen LogP contribution is -2.27. The maximum absolute atomic E-state index is 12.9. The lowest BCUT2D eigenvalue weighted by atomic mass is 10.1. The molecule has 1 aliphatic rings. The highest BCUT2D eigenvalue weighted by Crippen LogP contribution is 2.37. The average Bonchev–Trinajstić information content (AvgIpc) is 2.94. The van der Waals surface area contributed by atoms with Crippen LogP contribution in [-0.4, -0.2) is 22.6 Å². The molecule has 1 aliphatic heterocycles. The number of hydrogen-bond acceptors (Lipinski definition) is 5. The van der Waals surface area contributed by atoms with Crippen LogP contribution in [-0.2, 0) is 4.79 Å². The molecule has 0 spiro atoms. The molecular weight excluding hydrogens is 378 g/mol. The number of Topliss-reactive ketones (excluding diaryl/α,β-unsaturated/α-hetero) is 1. The predicted molar refractivity (Wildman–Crippen MR) is 114 cm³/mol. The van der Waals surface area contributed by atoms with Crippen molar-refractivity contribution in [2.24, 2.45) is 0 Å². The highest BCUT2D eigenvalue weighted by molar-refractivity contribution is 8.27. The fourth-order valence-corrected chi connectivity index (χ4v) is 3.87. The molecule has 1 amide bonds. The molecule has 0 radical (unpaired) electrons. The molecule has 0 unspecified atom stereocenters. The van der Waals surface area contributed by atoms with Gasteiger partial charge in [0.05, 0.1) is 10.6 Å². The molecule has 27 heavy (non-hydrogen) atoms. The van der Waals surface area contributed by atoms with Crippen molar-refractivity contribution in [1.29, 1.82) is 0 Å². The van der Waals surface area contributed by atoms with Crippen LogP contribution in [0.25, 0.3) is 6.08 Å². The second-order valence-corrected chi connectivity index (χ2v) is 7.44.